The van der Waals surface area contributed by atoms with Crippen molar-refractivity contribution in [2.45, 2.75) is 44.6 Å². The molecule has 1 aliphatic rings. The summed E-state index contributed by atoms with van der Waals surface area (Å²) < 4.78 is 0. The highest BCUT2D eigenvalue weighted by molar-refractivity contribution is 6.36. The Morgan fingerprint density at radius 1 is 1.35 bits per heavy atom. The maximum absolute atomic E-state index is 10.6. The molecule has 0 spiro atoms. The van der Waals surface area contributed by atoms with Gasteiger partial charge in [0.25, 0.3) is 0 Å². The summed E-state index contributed by atoms with van der Waals surface area (Å²) in [6.07, 6.45) is 4.54. The highest BCUT2D eigenvalue weighted by Gasteiger charge is 2.37. The molecule has 1 N–H and O–H groups in total. The van der Waals surface area contributed by atoms with Crippen LogP contribution in [0, 0.1) is 5.92 Å². The molecule has 0 aromatic heterocycles. The Morgan fingerprint density at radius 2 is 2.00 bits per heavy atom. The molecule has 3 heteroatoms. The van der Waals surface area contributed by atoms with Crippen LogP contribution < -0.4 is 0 Å². The zero-order valence-electron chi connectivity index (χ0n) is 10.0. The molecule has 0 bridgehead atoms. The number of benzene rings is 1. The minimum Gasteiger partial charge on any atom is -0.390 e. The van der Waals surface area contributed by atoms with E-state index in [1.165, 1.54) is 0 Å². The van der Waals surface area contributed by atoms with Gasteiger partial charge >= 0.3 is 0 Å². The van der Waals surface area contributed by atoms with Gasteiger partial charge in [0.1, 0.15) is 0 Å². The minimum absolute atomic E-state index is 0.571. The molecule has 1 saturated carbocycles. The molecule has 94 valence electrons. The summed E-state index contributed by atoms with van der Waals surface area (Å²) in [6.45, 7) is 2.18. The van der Waals surface area contributed by atoms with E-state index in [1.807, 2.05) is 18.2 Å². The molecule has 1 aliphatic carbocycles. The van der Waals surface area contributed by atoms with Crippen molar-refractivity contribution in [2.24, 2.45) is 5.92 Å². The first kappa shape index (κ1) is 13.2. The second kappa shape index (κ2) is 5.17. The van der Waals surface area contributed by atoms with Gasteiger partial charge in [0.05, 0.1) is 5.60 Å². The van der Waals surface area contributed by atoms with Gasteiger partial charge in [-0.15, -0.1) is 0 Å². The molecular formula is C14H18Cl2O. The van der Waals surface area contributed by atoms with E-state index in [2.05, 4.69) is 6.92 Å². The topological polar surface area (TPSA) is 20.2 Å². The quantitative estimate of drug-likeness (QED) is 0.861. The summed E-state index contributed by atoms with van der Waals surface area (Å²) in [5, 5.41) is 11.9. The number of hydrogen-bond acceptors (Lipinski definition) is 1. The summed E-state index contributed by atoms with van der Waals surface area (Å²) in [7, 11) is 0. The first-order valence-corrected chi connectivity index (χ1v) is 6.95. The van der Waals surface area contributed by atoms with Gasteiger partial charge in [-0.3, -0.25) is 0 Å². The Labute approximate surface area is 113 Å². The zero-order chi connectivity index (χ0) is 12.5. The zero-order valence-corrected chi connectivity index (χ0v) is 11.6. The van der Waals surface area contributed by atoms with E-state index >= 15 is 0 Å². The lowest BCUT2D eigenvalue weighted by Crippen LogP contribution is -2.28. The van der Waals surface area contributed by atoms with Crippen molar-refractivity contribution in [3.05, 3.63) is 33.8 Å². The standard InChI is InChI=1S/C14H18Cl2O/c1-2-10-6-7-14(17,8-10)9-11-12(15)4-3-5-13(11)16/h3-5,10,17H,2,6-9H2,1H3. The Hall–Kier alpha value is -0.240. The van der Waals surface area contributed by atoms with Crippen molar-refractivity contribution in [1.29, 1.82) is 0 Å². The number of hydrogen-bond donors (Lipinski definition) is 1. The predicted molar refractivity (Wildman–Crippen MR) is 72.7 cm³/mol. The monoisotopic (exact) mass is 272 g/mol. The van der Waals surface area contributed by atoms with Gasteiger partial charge in [-0.25, -0.2) is 0 Å². The van der Waals surface area contributed by atoms with E-state index in [0.717, 1.165) is 31.2 Å². The van der Waals surface area contributed by atoms with Crippen molar-refractivity contribution < 1.29 is 5.11 Å². The van der Waals surface area contributed by atoms with Crippen LogP contribution >= 0.6 is 23.2 Å². The summed E-state index contributed by atoms with van der Waals surface area (Å²) in [5.74, 6) is 0.640. The van der Waals surface area contributed by atoms with Crippen LogP contribution in [0.3, 0.4) is 0 Å². The minimum atomic E-state index is -0.616. The third-order valence-corrected chi connectivity index (χ3v) is 4.54. The molecule has 1 nitrogen and oxygen atoms in total. The van der Waals surface area contributed by atoms with Crippen molar-refractivity contribution in [3.8, 4) is 0 Å². The first-order chi connectivity index (χ1) is 8.04. The number of halogens is 2. The average Bonchev–Trinajstić information content (AvgIpc) is 2.66. The molecule has 1 fully saturated rings. The number of aliphatic hydroxyl groups is 1. The van der Waals surface area contributed by atoms with Gasteiger partial charge in [0, 0.05) is 16.5 Å². The van der Waals surface area contributed by atoms with Crippen LogP contribution in [0.4, 0.5) is 0 Å². The van der Waals surface area contributed by atoms with Crippen molar-refractivity contribution in [3.63, 3.8) is 0 Å². The Kier molecular flexibility index (Phi) is 4.02. The molecule has 0 amide bonds. The SMILES string of the molecule is CCC1CCC(O)(Cc2c(Cl)cccc2Cl)C1. The molecule has 2 rings (SSSR count). The molecule has 2 atom stereocenters. The maximum Gasteiger partial charge on any atom is 0.0691 e. The van der Waals surface area contributed by atoms with Gasteiger partial charge in [-0.05, 0) is 42.9 Å². The van der Waals surface area contributed by atoms with E-state index in [0.29, 0.717) is 22.4 Å². The lowest BCUT2D eigenvalue weighted by atomic mass is 9.91. The van der Waals surface area contributed by atoms with Crippen molar-refractivity contribution >= 4 is 23.2 Å². The fraction of sp³-hybridized carbons (Fsp3) is 0.571. The molecular weight excluding hydrogens is 255 g/mol. The van der Waals surface area contributed by atoms with Crippen LogP contribution in [0.5, 0.6) is 0 Å². The molecule has 0 saturated heterocycles. The molecule has 2 unspecified atom stereocenters. The van der Waals surface area contributed by atoms with Crippen molar-refractivity contribution in [2.75, 3.05) is 0 Å². The molecule has 1 aromatic rings. The van der Waals surface area contributed by atoms with Crippen LogP contribution in [0.1, 0.15) is 38.2 Å². The maximum atomic E-state index is 10.6. The fourth-order valence-corrected chi connectivity index (χ4v) is 3.28. The van der Waals surface area contributed by atoms with E-state index in [9.17, 15) is 5.11 Å². The van der Waals surface area contributed by atoms with Crippen LogP contribution in [0.25, 0.3) is 0 Å². The van der Waals surface area contributed by atoms with Crippen LogP contribution in [-0.4, -0.2) is 10.7 Å². The smallest absolute Gasteiger partial charge is 0.0691 e. The van der Waals surface area contributed by atoms with E-state index in [-0.39, 0.29) is 0 Å². The molecule has 0 heterocycles. The van der Waals surface area contributed by atoms with Gasteiger partial charge in [0.15, 0.2) is 0 Å². The summed E-state index contributed by atoms with van der Waals surface area (Å²) in [4.78, 5) is 0. The summed E-state index contributed by atoms with van der Waals surface area (Å²) in [6, 6.07) is 5.50. The second-order valence-electron chi connectivity index (χ2n) is 5.12. The lowest BCUT2D eigenvalue weighted by Gasteiger charge is -2.24. The predicted octanol–water partition coefficient (Wildman–Crippen LogP) is 4.48. The van der Waals surface area contributed by atoms with E-state index in [1.54, 1.807) is 0 Å². The largest absolute Gasteiger partial charge is 0.390 e. The first-order valence-electron chi connectivity index (χ1n) is 6.19. The van der Waals surface area contributed by atoms with Crippen molar-refractivity contribution in [1.82, 2.24) is 0 Å². The van der Waals surface area contributed by atoms with Crippen LogP contribution in [-0.2, 0) is 6.42 Å². The van der Waals surface area contributed by atoms with Gasteiger partial charge in [0.2, 0.25) is 0 Å². The summed E-state index contributed by atoms with van der Waals surface area (Å²) >= 11 is 12.3. The number of rotatable bonds is 3. The van der Waals surface area contributed by atoms with Gasteiger partial charge < -0.3 is 5.11 Å². The van der Waals surface area contributed by atoms with Crippen LogP contribution in [0.2, 0.25) is 10.0 Å². The highest BCUT2D eigenvalue weighted by Crippen LogP contribution is 2.40. The van der Waals surface area contributed by atoms with Gasteiger partial charge in [-0.2, -0.15) is 0 Å². The molecule has 1 aromatic carbocycles. The lowest BCUT2D eigenvalue weighted by molar-refractivity contribution is 0.0437. The third kappa shape index (κ3) is 2.96. The molecule has 17 heavy (non-hydrogen) atoms. The Bertz CT molecular complexity index is 385. The van der Waals surface area contributed by atoms with E-state index < -0.39 is 5.60 Å². The van der Waals surface area contributed by atoms with E-state index in [4.69, 9.17) is 23.2 Å². The third-order valence-electron chi connectivity index (χ3n) is 3.83. The highest BCUT2D eigenvalue weighted by atomic mass is 35.5. The fourth-order valence-electron chi connectivity index (χ4n) is 2.75. The second-order valence-corrected chi connectivity index (χ2v) is 5.93. The Balaban J connectivity index is 2.16. The average molecular weight is 273 g/mol. The molecule has 0 aliphatic heterocycles. The van der Waals surface area contributed by atoms with Gasteiger partial charge in [-0.1, -0.05) is 42.6 Å². The normalized spacial score (nSPS) is 28.6. The summed E-state index contributed by atoms with van der Waals surface area (Å²) in [5.41, 5.74) is 0.269. The molecule has 0 radical (unpaired) electrons. The Morgan fingerprint density at radius 3 is 2.53 bits per heavy atom. The van der Waals surface area contributed by atoms with Crippen LogP contribution in [0.15, 0.2) is 18.2 Å².